The third-order valence-corrected chi connectivity index (χ3v) is 6.48. The highest BCUT2D eigenvalue weighted by molar-refractivity contribution is 6.60. The molecule has 0 unspecified atom stereocenters. The molecular weight excluding hydrogens is 342 g/mol. The van der Waals surface area contributed by atoms with E-state index >= 15 is 0 Å². The van der Waals surface area contributed by atoms with E-state index in [0.29, 0.717) is 38.8 Å². The van der Waals surface area contributed by atoms with E-state index in [1.165, 1.54) is 0 Å². The topological polar surface area (TPSA) is 86.3 Å². The number of nitrogens with one attached hydrogen (secondary N) is 1. The normalized spacial score (nSPS) is 11.3. The van der Waals surface area contributed by atoms with E-state index in [1.807, 2.05) is 20.8 Å². The third kappa shape index (κ3) is 8.35. The average Bonchev–Trinajstić information content (AvgIpc) is 2.59. The smallest absolute Gasteiger partial charge is 0.500 e. The Morgan fingerprint density at radius 3 is 2.12 bits per heavy atom. The molecule has 7 nitrogen and oxygen atoms in total. The van der Waals surface area contributed by atoms with Gasteiger partial charge >= 0.3 is 14.9 Å². The fourth-order valence-electron chi connectivity index (χ4n) is 2.29. The molecule has 0 heterocycles. The Hall–Kier alpha value is -1.61. The van der Waals surface area contributed by atoms with Gasteiger partial charge in [-0.3, -0.25) is 0 Å². The van der Waals surface area contributed by atoms with Gasteiger partial charge in [0.2, 0.25) is 0 Å². The molecule has 1 amide bonds. The fourth-order valence-corrected chi connectivity index (χ4v) is 4.90. The molecule has 1 aromatic carbocycles. The molecule has 0 saturated heterocycles. The second-order valence-corrected chi connectivity index (χ2v) is 7.99. The minimum atomic E-state index is -2.66. The molecule has 0 fully saturated rings. The number of aromatic hydroxyl groups is 1. The lowest BCUT2D eigenvalue weighted by molar-refractivity contribution is 0.0706. The lowest BCUT2D eigenvalue weighted by atomic mass is 10.2. The van der Waals surface area contributed by atoms with E-state index in [-0.39, 0.29) is 12.4 Å². The van der Waals surface area contributed by atoms with Crippen molar-refractivity contribution in [2.45, 2.75) is 39.8 Å². The summed E-state index contributed by atoms with van der Waals surface area (Å²) in [6.45, 7) is 7.96. The van der Waals surface area contributed by atoms with Crippen LogP contribution in [0.2, 0.25) is 6.04 Å². The number of alkyl carbamates (subject to hydrolysis) is 1. The number of phenolic OH excluding ortho intramolecular Hbond substituents is 1. The molecule has 0 radical (unpaired) electrons. The van der Waals surface area contributed by atoms with Gasteiger partial charge in [-0.15, -0.1) is 0 Å². The van der Waals surface area contributed by atoms with Gasteiger partial charge in [0.25, 0.3) is 0 Å². The summed E-state index contributed by atoms with van der Waals surface area (Å²) in [6, 6.07) is 7.15. The van der Waals surface area contributed by atoms with Crippen molar-refractivity contribution in [3.63, 3.8) is 0 Å². The van der Waals surface area contributed by atoms with Crippen molar-refractivity contribution in [2.75, 3.05) is 26.4 Å². The predicted molar refractivity (Wildman–Crippen MR) is 96.4 cm³/mol. The van der Waals surface area contributed by atoms with Gasteiger partial charge < -0.3 is 28.4 Å². The summed E-state index contributed by atoms with van der Waals surface area (Å²) in [6.07, 6.45) is 0.199. The lowest BCUT2D eigenvalue weighted by Crippen LogP contribution is -2.46. The molecule has 25 heavy (non-hydrogen) atoms. The molecule has 0 aliphatic carbocycles. The third-order valence-electron chi connectivity index (χ3n) is 3.33. The van der Waals surface area contributed by atoms with Crippen LogP contribution in [0.25, 0.3) is 0 Å². The first-order valence-electron chi connectivity index (χ1n) is 8.65. The molecule has 0 aliphatic heterocycles. The van der Waals surface area contributed by atoms with Gasteiger partial charge in [-0.1, -0.05) is 12.1 Å². The van der Waals surface area contributed by atoms with Gasteiger partial charge in [0, 0.05) is 32.4 Å². The highest BCUT2D eigenvalue weighted by atomic mass is 28.4. The first-order valence-corrected chi connectivity index (χ1v) is 10.6. The van der Waals surface area contributed by atoms with Crippen molar-refractivity contribution in [1.82, 2.24) is 5.32 Å². The first-order chi connectivity index (χ1) is 12.0. The monoisotopic (exact) mass is 371 g/mol. The summed E-state index contributed by atoms with van der Waals surface area (Å²) in [5, 5.41) is 11.9. The maximum absolute atomic E-state index is 11.7. The molecule has 0 atom stereocenters. The van der Waals surface area contributed by atoms with Crippen LogP contribution in [0.1, 0.15) is 32.8 Å². The summed E-state index contributed by atoms with van der Waals surface area (Å²) in [7, 11) is -2.66. The van der Waals surface area contributed by atoms with Crippen LogP contribution in [0, 0.1) is 0 Å². The van der Waals surface area contributed by atoms with Crippen LogP contribution in [-0.4, -0.2) is 46.4 Å². The van der Waals surface area contributed by atoms with Crippen LogP contribution >= 0.6 is 0 Å². The molecule has 1 rings (SSSR count). The number of rotatable bonds is 12. The molecule has 0 bridgehead atoms. The Balaban J connectivity index is 2.31. The van der Waals surface area contributed by atoms with E-state index in [9.17, 15) is 9.90 Å². The van der Waals surface area contributed by atoms with Gasteiger partial charge in [-0.2, -0.15) is 0 Å². The number of benzene rings is 1. The second-order valence-electron chi connectivity index (χ2n) is 5.25. The highest BCUT2D eigenvalue weighted by Crippen LogP contribution is 2.17. The Morgan fingerprint density at radius 1 is 1.04 bits per heavy atom. The minimum absolute atomic E-state index is 0.154. The maximum atomic E-state index is 11.7. The first kappa shape index (κ1) is 21.4. The zero-order valence-corrected chi connectivity index (χ0v) is 16.2. The number of hydrogen-bond donors (Lipinski definition) is 2. The summed E-state index contributed by atoms with van der Waals surface area (Å²) >= 11 is 0. The van der Waals surface area contributed by atoms with Crippen LogP contribution in [0.15, 0.2) is 24.3 Å². The van der Waals surface area contributed by atoms with Crippen molar-refractivity contribution in [1.29, 1.82) is 0 Å². The van der Waals surface area contributed by atoms with Crippen molar-refractivity contribution in [3.8, 4) is 5.75 Å². The molecule has 2 N–H and O–H groups in total. The highest BCUT2D eigenvalue weighted by Gasteiger charge is 2.39. The Labute approximate surface area is 150 Å². The Morgan fingerprint density at radius 2 is 1.60 bits per heavy atom. The van der Waals surface area contributed by atoms with Crippen molar-refractivity contribution < 1.29 is 27.9 Å². The predicted octanol–water partition coefficient (Wildman–Crippen LogP) is 3.06. The lowest BCUT2D eigenvalue weighted by Gasteiger charge is -2.28. The van der Waals surface area contributed by atoms with Gasteiger partial charge in [-0.25, -0.2) is 4.79 Å². The summed E-state index contributed by atoms with van der Waals surface area (Å²) in [5.74, 6) is 0.179. The number of hydrogen-bond acceptors (Lipinski definition) is 6. The molecule has 142 valence electrons. The van der Waals surface area contributed by atoms with Crippen LogP contribution in [0.5, 0.6) is 5.75 Å². The van der Waals surface area contributed by atoms with Crippen LogP contribution < -0.4 is 5.32 Å². The van der Waals surface area contributed by atoms with E-state index in [4.69, 9.17) is 18.0 Å². The summed E-state index contributed by atoms with van der Waals surface area (Å²) in [4.78, 5) is 11.7. The number of carbonyl (C=O) groups is 1. The number of amides is 1. The molecular formula is C17H29NO6Si. The summed E-state index contributed by atoms with van der Waals surface area (Å²) in [5.41, 5.74) is 0.809. The van der Waals surface area contributed by atoms with E-state index < -0.39 is 14.9 Å². The SMILES string of the molecule is CCO[Si](CCCNC(=O)OCc1ccc(O)cc1)(OCC)OCC. The molecule has 0 aromatic heterocycles. The zero-order valence-electron chi connectivity index (χ0n) is 15.2. The van der Waals surface area contributed by atoms with E-state index in [2.05, 4.69) is 5.32 Å². The maximum Gasteiger partial charge on any atom is 0.500 e. The molecule has 0 aliphatic rings. The molecule has 8 heteroatoms. The fraction of sp³-hybridized carbons (Fsp3) is 0.588. The van der Waals surface area contributed by atoms with Crippen LogP contribution in [0.3, 0.4) is 0 Å². The Kier molecular flexibility index (Phi) is 10.2. The van der Waals surface area contributed by atoms with Gasteiger partial charge in [0.1, 0.15) is 12.4 Å². The Bertz CT molecular complexity index is 479. The average molecular weight is 372 g/mol. The molecule has 1 aromatic rings. The van der Waals surface area contributed by atoms with E-state index in [1.54, 1.807) is 24.3 Å². The minimum Gasteiger partial charge on any atom is -0.508 e. The van der Waals surface area contributed by atoms with Crippen molar-refractivity contribution in [2.24, 2.45) is 0 Å². The standard InChI is InChI=1S/C17H29NO6Si/c1-4-22-25(23-5-2,24-6-3)13-7-12-18-17(20)21-14-15-8-10-16(19)11-9-15/h8-11,19H,4-7,12-14H2,1-3H3,(H,18,20). The van der Waals surface area contributed by atoms with Crippen molar-refractivity contribution >= 4 is 14.9 Å². The molecule has 0 saturated carbocycles. The molecule has 0 spiro atoms. The van der Waals surface area contributed by atoms with Gasteiger partial charge in [0.15, 0.2) is 0 Å². The summed E-state index contributed by atoms with van der Waals surface area (Å²) < 4.78 is 22.4. The second kappa shape index (κ2) is 11.9. The van der Waals surface area contributed by atoms with E-state index in [0.717, 1.165) is 5.56 Å². The van der Waals surface area contributed by atoms with Gasteiger partial charge in [-0.05, 0) is 44.9 Å². The van der Waals surface area contributed by atoms with Crippen LogP contribution in [-0.2, 0) is 24.6 Å². The largest absolute Gasteiger partial charge is 0.508 e. The number of carbonyl (C=O) groups excluding carboxylic acids is 1. The van der Waals surface area contributed by atoms with Crippen LogP contribution in [0.4, 0.5) is 4.79 Å². The van der Waals surface area contributed by atoms with Gasteiger partial charge in [0.05, 0.1) is 0 Å². The van der Waals surface area contributed by atoms with Crippen molar-refractivity contribution in [3.05, 3.63) is 29.8 Å². The number of phenols is 1. The quantitative estimate of drug-likeness (QED) is 0.434. The zero-order chi connectivity index (χ0) is 18.5. The number of ether oxygens (including phenoxy) is 1.